The van der Waals surface area contributed by atoms with Crippen molar-refractivity contribution in [3.05, 3.63) is 23.3 Å². The third kappa shape index (κ3) is 2.40. The average Bonchev–Trinajstić information content (AvgIpc) is 2.53. The molecule has 2 saturated carbocycles. The highest BCUT2D eigenvalue weighted by Gasteiger charge is 2.60. The van der Waals surface area contributed by atoms with Gasteiger partial charge in [0.25, 0.3) is 0 Å². The van der Waals surface area contributed by atoms with Crippen LogP contribution in [0.4, 0.5) is 0 Å². The van der Waals surface area contributed by atoms with Crippen molar-refractivity contribution < 1.29 is 25.2 Å². The summed E-state index contributed by atoms with van der Waals surface area (Å²) in [4.78, 5) is 12.5. The molecule has 0 saturated heterocycles. The summed E-state index contributed by atoms with van der Waals surface area (Å²) in [7, 11) is 0. The van der Waals surface area contributed by atoms with Crippen molar-refractivity contribution in [2.75, 3.05) is 0 Å². The van der Waals surface area contributed by atoms with Crippen molar-refractivity contribution in [1.29, 1.82) is 0 Å². The van der Waals surface area contributed by atoms with Crippen molar-refractivity contribution in [3.8, 4) is 0 Å². The number of Topliss-reactive ketones (excluding diaryl/α,β-unsaturated/α-hetero) is 1. The lowest BCUT2D eigenvalue weighted by Gasteiger charge is -2.58. The molecule has 2 bridgehead atoms. The fourth-order valence-corrected chi connectivity index (χ4v) is 5.70. The monoisotopic (exact) mass is 350 g/mol. The average molecular weight is 350 g/mol. The molecule has 0 aromatic heterocycles. The molecule has 0 unspecified atom stereocenters. The number of fused-ring (bicyclic) bond motifs is 3. The van der Waals surface area contributed by atoms with E-state index in [4.69, 9.17) is 0 Å². The van der Waals surface area contributed by atoms with E-state index in [1.807, 2.05) is 20.8 Å². The van der Waals surface area contributed by atoms with Crippen LogP contribution in [-0.2, 0) is 4.79 Å². The van der Waals surface area contributed by atoms with E-state index in [0.29, 0.717) is 29.6 Å². The van der Waals surface area contributed by atoms with E-state index < -0.39 is 47.1 Å². The SMILES string of the molecule is C=C1[C@@H](O)CC[C@@]2(C)[C@@H](O)[C@H](O)C3=C(C)C(=O)C[C@@H]([C@@H](O)[C@H]12)C3(C)C. The van der Waals surface area contributed by atoms with Gasteiger partial charge in [-0.05, 0) is 41.9 Å². The second kappa shape index (κ2) is 5.74. The minimum absolute atomic E-state index is 0.102. The predicted octanol–water partition coefficient (Wildman–Crippen LogP) is 1.35. The van der Waals surface area contributed by atoms with Crippen LogP contribution in [-0.4, -0.2) is 50.6 Å². The highest BCUT2D eigenvalue weighted by Crippen LogP contribution is 2.58. The number of aliphatic hydroxyl groups excluding tert-OH is 4. The molecule has 3 aliphatic carbocycles. The van der Waals surface area contributed by atoms with E-state index >= 15 is 0 Å². The summed E-state index contributed by atoms with van der Waals surface area (Å²) in [5.74, 6) is -1.07. The highest BCUT2D eigenvalue weighted by molar-refractivity contribution is 5.97. The molecular weight excluding hydrogens is 320 g/mol. The van der Waals surface area contributed by atoms with E-state index in [9.17, 15) is 25.2 Å². The Bertz CT molecular complexity index is 648. The summed E-state index contributed by atoms with van der Waals surface area (Å²) in [5.41, 5.74) is 0.0800. The van der Waals surface area contributed by atoms with E-state index in [-0.39, 0.29) is 12.2 Å². The molecule has 25 heavy (non-hydrogen) atoms. The maximum absolute atomic E-state index is 12.5. The molecule has 0 radical (unpaired) electrons. The quantitative estimate of drug-likeness (QED) is 0.494. The zero-order valence-electron chi connectivity index (χ0n) is 15.5. The van der Waals surface area contributed by atoms with Gasteiger partial charge >= 0.3 is 0 Å². The fraction of sp³-hybridized carbons (Fsp3) is 0.750. The van der Waals surface area contributed by atoms with Crippen LogP contribution in [0.15, 0.2) is 23.3 Å². The van der Waals surface area contributed by atoms with Gasteiger partial charge in [0.2, 0.25) is 0 Å². The Balaban J connectivity index is 2.24. The topological polar surface area (TPSA) is 98.0 Å². The van der Waals surface area contributed by atoms with Crippen molar-refractivity contribution >= 4 is 5.78 Å². The Morgan fingerprint density at radius 3 is 2.32 bits per heavy atom. The number of aliphatic hydroxyl groups is 4. The number of allylic oxidation sites excluding steroid dienone is 1. The van der Waals surface area contributed by atoms with Gasteiger partial charge in [-0.1, -0.05) is 27.4 Å². The summed E-state index contributed by atoms with van der Waals surface area (Å²) >= 11 is 0. The largest absolute Gasteiger partial charge is 0.392 e. The summed E-state index contributed by atoms with van der Waals surface area (Å²) in [5, 5.41) is 43.7. The van der Waals surface area contributed by atoms with E-state index in [1.54, 1.807) is 6.92 Å². The number of hydrogen-bond donors (Lipinski definition) is 4. The maximum atomic E-state index is 12.5. The number of carbonyl (C=O) groups is 1. The molecule has 4 N–H and O–H groups in total. The van der Waals surface area contributed by atoms with Gasteiger partial charge in [0.05, 0.1) is 18.3 Å². The molecule has 0 heterocycles. The molecule has 0 spiro atoms. The standard InChI is InChI=1S/C20H30O5/c1-9-12(21)6-7-20(5)15(9)16(23)11-8-13(22)10(2)14(19(11,3)4)17(24)18(20)25/h11-12,15-18,21,23-25H,1,6-8H2,2-5H3/t11-,12-,15-,16+,17+,18-,20+/m0/s1. The zero-order chi connectivity index (χ0) is 18.9. The molecule has 5 nitrogen and oxygen atoms in total. The van der Waals surface area contributed by atoms with Gasteiger partial charge in [-0.2, -0.15) is 0 Å². The van der Waals surface area contributed by atoms with Crippen LogP contribution in [0.3, 0.4) is 0 Å². The lowest BCUT2D eigenvalue weighted by Crippen LogP contribution is -2.61. The van der Waals surface area contributed by atoms with E-state index in [1.165, 1.54) is 0 Å². The lowest BCUT2D eigenvalue weighted by atomic mass is 9.49. The third-order valence-electron chi connectivity index (χ3n) is 7.37. The molecule has 0 aliphatic heterocycles. The molecule has 3 aliphatic rings. The molecule has 2 fully saturated rings. The zero-order valence-corrected chi connectivity index (χ0v) is 15.5. The molecule has 7 atom stereocenters. The van der Waals surface area contributed by atoms with Gasteiger partial charge in [0.15, 0.2) is 5.78 Å². The minimum atomic E-state index is -1.18. The minimum Gasteiger partial charge on any atom is -0.392 e. The third-order valence-corrected chi connectivity index (χ3v) is 7.37. The van der Waals surface area contributed by atoms with Gasteiger partial charge < -0.3 is 20.4 Å². The molecule has 3 rings (SSSR count). The number of ketones is 1. The summed E-state index contributed by atoms with van der Waals surface area (Å²) in [6.07, 6.45) is -2.87. The van der Waals surface area contributed by atoms with Crippen molar-refractivity contribution in [2.45, 2.75) is 71.4 Å². The van der Waals surface area contributed by atoms with Gasteiger partial charge in [0, 0.05) is 23.7 Å². The first-order valence-corrected chi connectivity index (χ1v) is 9.10. The molecule has 0 aromatic carbocycles. The number of rotatable bonds is 0. The van der Waals surface area contributed by atoms with Crippen LogP contribution in [0.5, 0.6) is 0 Å². The van der Waals surface area contributed by atoms with Crippen LogP contribution in [0, 0.1) is 22.7 Å². The molecule has 5 heteroatoms. The predicted molar refractivity (Wildman–Crippen MR) is 93.6 cm³/mol. The Morgan fingerprint density at radius 2 is 1.72 bits per heavy atom. The van der Waals surface area contributed by atoms with Gasteiger partial charge in [0.1, 0.15) is 6.10 Å². The highest BCUT2D eigenvalue weighted by atomic mass is 16.3. The molecule has 140 valence electrons. The normalized spacial score (nSPS) is 47.2. The first kappa shape index (κ1) is 18.8. The number of carbonyl (C=O) groups excluding carboxylic acids is 1. The van der Waals surface area contributed by atoms with Crippen LogP contribution in [0.25, 0.3) is 0 Å². The van der Waals surface area contributed by atoms with Gasteiger partial charge in [-0.25, -0.2) is 0 Å². The van der Waals surface area contributed by atoms with Crippen LogP contribution in [0.2, 0.25) is 0 Å². The molecule has 0 amide bonds. The second-order valence-corrected chi connectivity index (χ2v) is 8.99. The van der Waals surface area contributed by atoms with Crippen molar-refractivity contribution in [1.82, 2.24) is 0 Å². The Hall–Kier alpha value is -1.01. The Kier molecular flexibility index (Phi) is 4.31. The molecular formula is C20H30O5. The molecule has 0 aromatic rings. The van der Waals surface area contributed by atoms with Crippen LogP contribution < -0.4 is 0 Å². The van der Waals surface area contributed by atoms with Crippen molar-refractivity contribution in [2.24, 2.45) is 22.7 Å². The Labute approximate surface area is 149 Å². The summed E-state index contributed by atoms with van der Waals surface area (Å²) < 4.78 is 0. The van der Waals surface area contributed by atoms with Crippen LogP contribution >= 0.6 is 0 Å². The second-order valence-electron chi connectivity index (χ2n) is 8.99. The van der Waals surface area contributed by atoms with Crippen LogP contribution in [0.1, 0.15) is 47.0 Å². The lowest BCUT2D eigenvalue weighted by molar-refractivity contribution is -0.154. The van der Waals surface area contributed by atoms with Gasteiger partial charge in [-0.15, -0.1) is 0 Å². The summed E-state index contributed by atoms with van der Waals surface area (Å²) in [6, 6.07) is 0. The first-order chi connectivity index (χ1) is 11.4. The fourth-order valence-electron chi connectivity index (χ4n) is 5.70. The van der Waals surface area contributed by atoms with Gasteiger partial charge in [-0.3, -0.25) is 4.79 Å². The number of hydrogen-bond acceptors (Lipinski definition) is 5. The first-order valence-electron chi connectivity index (χ1n) is 9.10. The maximum Gasteiger partial charge on any atom is 0.159 e. The van der Waals surface area contributed by atoms with Crippen molar-refractivity contribution in [3.63, 3.8) is 0 Å². The van der Waals surface area contributed by atoms with E-state index in [0.717, 1.165) is 0 Å². The Morgan fingerprint density at radius 1 is 1.12 bits per heavy atom. The van der Waals surface area contributed by atoms with E-state index in [2.05, 4.69) is 6.58 Å². The summed E-state index contributed by atoms with van der Waals surface area (Å²) in [6.45, 7) is 11.4. The smallest absolute Gasteiger partial charge is 0.159 e.